The first-order valence-corrected chi connectivity index (χ1v) is 4.80. The Morgan fingerprint density at radius 3 is 2.42 bits per heavy atom. The van der Waals surface area contributed by atoms with Crippen LogP contribution in [0.25, 0.3) is 0 Å². The lowest BCUT2D eigenvalue weighted by molar-refractivity contribution is -0.113. The van der Waals surface area contributed by atoms with E-state index in [-0.39, 0.29) is 18.1 Å². The van der Waals surface area contributed by atoms with Gasteiger partial charge in [-0.25, -0.2) is 0 Å². The molecule has 72 valence electrons. The molecule has 3 unspecified atom stereocenters. The van der Waals surface area contributed by atoms with E-state index in [0.29, 0.717) is 0 Å². The van der Waals surface area contributed by atoms with Crippen LogP contribution in [-0.4, -0.2) is 47.4 Å². The second-order valence-electron chi connectivity index (χ2n) is 3.35. The monoisotopic (exact) mass is 193 g/mol. The van der Waals surface area contributed by atoms with E-state index in [0.717, 1.165) is 13.1 Å². The summed E-state index contributed by atoms with van der Waals surface area (Å²) in [6.45, 7) is 5.53. The summed E-state index contributed by atoms with van der Waals surface area (Å²) in [5.41, 5.74) is 0. The van der Waals surface area contributed by atoms with Crippen molar-refractivity contribution in [3.8, 4) is 0 Å². The molecular weight excluding hydrogens is 178 g/mol. The lowest BCUT2D eigenvalue weighted by Crippen LogP contribution is -2.50. The molecule has 1 aliphatic heterocycles. The van der Waals surface area contributed by atoms with E-state index in [1.165, 1.54) is 0 Å². The van der Waals surface area contributed by atoms with Crippen molar-refractivity contribution in [1.29, 1.82) is 0 Å². The molecule has 0 aromatic heterocycles. The molecule has 0 saturated carbocycles. The Morgan fingerprint density at radius 1 is 1.50 bits per heavy atom. The summed E-state index contributed by atoms with van der Waals surface area (Å²) >= 11 is 5.55. The number of aliphatic hydroxyl groups excluding tert-OH is 1. The lowest BCUT2D eigenvalue weighted by Gasteiger charge is -2.37. The van der Waals surface area contributed by atoms with Crippen molar-refractivity contribution in [1.82, 2.24) is 4.90 Å². The largest absolute Gasteiger partial charge is 0.377 e. The summed E-state index contributed by atoms with van der Waals surface area (Å²) < 4.78 is 5.52. The number of morpholine rings is 1. The van der Waals surface area contributed by atoms with E-state index in [1.807, 2.05) is 18.7 Å². The number of aliphatic hydroxyl groups is 1. The molecule has 3 atom stereocenters. The maximum absolute atomic E-state index is 9.46. The molecule has 0 aliphatic carbocycles. The van der Waals surface area contributed by atoms with Crippen LogP contribution in [0.1, 0.15) is 13.8 Å². The molecule has 1 heterocycles. The summed E-state index contributed by atoms with van der Waals surface area (Å²) in [7, 11) is 0. The normalized spacial score (nSPS) is 35.0. The molecule has 12 heavy (non-hydrogen) atoms. The van der Waals surface area contributed by atoms with Crippen LogP contribution in [0.2, 0.25) is 0 Å². The van der Waals surface area contributed by atoms with Gasteiger partial charge >= 0.3 is 0 Å². The van der Waals surface area contributed by atoms with Crippen LogP contribution in [0.5, 0.6) is 0 Å². The van der Waals surface area contributed by atoms with Gasteiger partial charge in [-0.1, -0.05) is 0 Å². The second-order valence-corrected chi connectivity index (χ2v) is 3.65. The maximum Gasteiger partial charge on any atom is 0.121 e. The van der Waals surface area contributed by atoms with Crippen molar-refractivity contribution in [2.24, 2.45) is 0 Å². The van der Waals surface area contributed by atoms with E-state index in [4.69, 9.17) is 16.3 Å². The summed E-state index contributed by atoms with van der Waals surface area (Å²) in [6.07, 6.45) is -0.154. The SMILES string of the molecule is CC1CN(C(O)CCl)CC(C)O1. The molecule has 1 fully saturated rings. The first-order valence-electron chi connectivity index (χ1n) is 4.27. The van der Waals surface area contributed by atoms with Crippen LogP contribution in [0.3, 0.4) is 0 Å². The van der Waals surface area contributed by atoms with E-state index >= 15 is 0 Å². The highest BCUT2D eigenvalue weighted by Crippen LogP contribution is 2.12. The number of hydrogen-bond acceptors (Lipinski definition) is 3. The topological polar surface area (TPSA) is 32.7 Å². The highest BCUT2D eigenvalue weighted by Gasteiger charge is 2.25. The Hall–Kier alpha value is 0.170. The molecule has 1 N–H and O–H groups in total. The molecule has 1 aliphatic rings. The molecule has 0 aromatic carbocycles. The summed E-state index contributed by atoms with van der Waals surface area (Å²) in [4.78, 5) is 1.95. The van der Waals surface area contributed by atoms with Crippen molar-refractivity contribution < 1.29 is 9.84 Å². The average molecular weight is 194 g/mol. The third-order valence-corrected chi connectivity index (χ3v) is 2.28. The number of alkyl halides is 1. The van der Waals surface area contributed by atoms with Gasteiger partial charge in [0, 0.05) is 13.1 Å². The number of ether oxygens (including phenoxy) is 1. The van der Waals surface area contributed by atoms with E-state index in [2.05, 4.69) is 0 Å². The molecule has 0 spiro atoms. The van der Waals surface area contributed by atoms with Crippen molar-refractivity contribution >= 4 is 11.6 Å². The zero-order chi connectivity index (χ0) is 9.14. The van der Waals surface area contributed by atoms with Crippen LogP contribution in [0.15, 0.2) is 0 Å². The van der Waals surface area contributed by atoms with Crippen LogP contribution in [-0.2, 0) is 4.74 Å². The molecular formula is C8H16ClNO2. The first-order chi connectivity index (χ1) is 5.63. The highest BCUT2D eigenvalue weighted by atomic mass is 35.5. The Morgan fingerprint density at radius 2 is 2.00 bits per heavy atom. The lowest BCUT2D eigenvalue weighted by atomic mass is 10.2. The Kier molecular flexibility index (Phi) is 3.77. The standard InChI is InChI=1S/C8H16ClNO2/c1-6-4-10(8(11)3-9)5-7(2)12-6/h6-8,11H,3-5H2,1-2H3. The summed E-state index contributed by atoms with van der Waals surface area (Å²) in [5, 5.41) is 9.46. The zero-order valence-electron chi connectivity index (χ0n) is 7.53. The van der Waals surface area contributed by atoms with Gasteiger partial charge in [0.05, 0.1) is 18.1 Å². The highest BCUT2D eigenvalue weighted by molar-refractivity contribution is 6.18. The number of nitrogens with zero attached hydrogens (tertiary/aromatic N) is 1. The fraction of sp³-hybridized carbons (Fsp3) is 1.00. The van der Waals surface area contributed by atoms with Crippen molar-refractivity contribution in [2.75, 3.05) is 19.0 Å². The van der Waals surface area contributed by atoms with Crippen molar-refractivity contribution in [3.63, 3.8) is 0 Å². The minimum atomic E-state index is -0.527. The maximum atomic E-state index is 9.46. The third kappa shape index (κ3) is 2.59. The average Bonchev–Trinajstić information content (AvgIpc) is 2.01. The molecule has 0 radical (unpaired) electrons. The van der Waals surface area contributed by atoms with Gasteiger partial charge in [-0.2, -0.15) is 0 Å². The van der Waals surface area contributed by atoms with Crippen LogP contribution in [0, 0.1) is 0 Å². The van der Waals surface area contributed by atoms with E-state index < -0.39 is 6.23 Å². The van der Waals surface area contributed by atoms with E-state index in [9.17, 15) is 5.11 Å². The quantitative estimate of drug-likeness (QED) is 0.654. The van der Waals surface area contributed by atoms with Crippen molar-refractivity contribution in [3.05, 3.63) is 0 Å². The Bertz CT molecular complexity index is 135. The molecule has 0 bridgehead atoms. The van der Waals surface area contributed by atoms with Crippen LogP contribution >= 0.6 is 11.6 Å². The van der Waals surface area contributed by atoms with Gasteiger partial charge in [0.2, 0.25) is 0 Å². The van der Waals surface area contributed by atoms with Gasteiger partial charge in [-0.3, -0.25) is 4.90 Å². The van der Waals surface area contributed by atoms with Gasteiger partial charge < -0.3 is 9.84 Å². The predicted octanol–water partition coefficient (Wildman–Crippen LogP) is 0.653. The van der Waals surface area contributed by atoms with Gasteiger partial charge in [-0.15, -0.1) is 11.6 Å². The zero-order valence-corrected chi connectivity index (χ0v) is 8.29. The van der Waals surface area contributed by atoms with Crippen molar-refractivity contribution in [2.45, 2.75) is 32.3 Å². The smallest absolute Gasteiger partial charge is 0.121 e. The molecule has 1 saturated heterocycles. The predicted molar refractivity (Wildman–Crippen MR) is 48.3 cm³/mol. The van der Waals surface area contributed by atoms with Gasteiger partial charge in [-0.05, 0) is 13.8 Å². The van der Waals surface area contributed by atoms with E-state index in [1.54, 1.807) is 0 Å². The Labute approximate surface area is 78.3 Å². The second kappa shape index (κ2) is 4.42. The Balaban J connectivity index is 2.43. The molecule has 1 rings (SSSR count). The fourth-order valence-corrected chi connectivity index (χ4v) is 1.75. The molecule has 4 heteroatoms. The number of hydrogen-bond donors (Lipinski definition) is 1. The molecule has 3 nitrogen and oxygen atoms in total. The third-order valence-electron chi connectivity index (χ3n) is 2.01. The fourth-order valence-electron chi connectivity index (χ4n) is 1.56. The van der Waals surface area contributed by atoms with Crippen LogP contribution in [0.4, 0.5) is 0 Å². The number of halogens is 1. The van der Waals surface area contributed by atoms with Gasteiger partial charge in [0.15, 0.2) is 0 Å². The summed E-state index contributed by atoms with van der Waals surface area (Å²) in [6, 6.07) is 0. The molecule has 0 amide bonds. The minimum Gasteiger partial charge on any atom is -0.377 e. The number of rotatable bonds is 2. The van der Waals surface area contributed by atoms with Gasteiger partial charge in [0.1, 0.15) is 6.23 Å². The minimum absolute atomic E-state index is 0.187. The summed E-state index contributed by atoms with van der Waals surface area (Å²) in [5.74, 6) is 0.263. The van der Waals surface area contributed by atoms with Crippen LogP contribution < -0.4 is 0 Å². The molecule has 0 aromatic rings. The van der Waals surface area contributed by atoms with Gasteiger partial charge in [0.25, 0.3) is 0 Å². The first kappa shape index (κ1) is 10.3.